The van der Waals surface area contributed by atoms with E-state index in [0.29, 0.717) is 10.3 Å². The summed E-state index contributed by atoms with van der Waals surface area (Å²) in [5.41, 5.74) is 8.30. The molecule has 0 bridgehead atoms. The number of anilines is 2. The minimum atomic E-state index is -0.444. The first-order chi connectivity index (χ1) is 14.0. The van der Waals surface area contributed by atoms with Gasteiger partial charge in [0.15, 0.2) is 10.3 Å². The summed E-state index contributed by atoms with van der Waals surface area (Å²) in [4.78, 5) is 32.7. The molecule has 0 saturated carbocycles. The molecule has 2 aromatic carbocycles. The van der Waals surface area contributed by atoms with Crippen LogP contribution in [0.4, 0.5) is 10.9 Å². The minimum Gasteiger partial charge on any atom is -0.385 e. The molecule has 146 valence electrons. The van der Waals surface area contributed by atoms with Crippen molar-refractivity contribution < 1.29 is 4.79 Å². The van der Waals surface area contributed by atoms with Crippen molar-refractivity contribution in [3.05, 3.63) is 70.5 Å². The second kappa shape index (κ2) is 8.06. The molecule has 29 heavy (non-hydrogen) atoms. The highest BCUT2D eigenvalue weighted by Gasteiger charge is 2.14. The number of nitrogens with zero attached hydrogens (tertiary/aromatic N) is 3. The van der Waals surface area contributed by atoms with Gasteiger partial charge in [0.1, 0.15) is 5.82 Å². The summed E-state index contributed by atoms with van der Waals surface area (Å²) in [7, 11) is 0. The quantitative estimate of drug-likeness (QED) is 0.376. The zero-order valence-electron chi connectivity index (χ0n) is 15.5. The topological polar surface area (TPSA) is 103 Å². The predicted octanol–water partition coefficient (Wildman–Crippen LogP) is 3.46. The molecule has 4 aromatic rings. The molecule has 0 aliphatic rings. The molecule has 4 rings (SSSR count). The third kappa shape index (κ3) is 4.30. The van der Waals surface area contributed by atoms with Crippen molar-refractivity contribution in [1.82, 2.24) is 14.5 Å². The first-order valence-corrected chi connectivity index (χ1v) is 10.5. The number of hydrogen-bond acceptors (Lipinski definition) is 7. The molecule has 3 N–H and O–H groups in total. The summed E-state index contributed by atoms with van der Waals surface area (Å²) in [5, 5.41) is 3.70. The summed E-state index contributed by atoms with van der Waals surface area (Å²) < 4.78 is 2.67. The number of benzene rings is 2. The van der Waals surface area contributed by atoms with E-state index in [1.165, 1.54) is 17.4 Å². The lowest BCUT2D eigenvalue weighted by atomic mass is 10.2. The van der Waals surface area contributed by atoms with Crippen LogP contribution >= 0.6 is 23.1 Å². The molecule has 2 heterocycles. The normalized spacial score (nSPS) is 10.9. The fourth-order valence-corrected chi connectivity index (χ4v) is 4.52. The van der Waals surface area contributed by atoms with Crippen LogP contribution < -0.4 is 16.6 Å². The van der Waals surface area contributed by atoms with E-state index < -0.39 is 5.56 Å². The van der Waals surface area contributed by atoms with Crippen molar-refractivity contribution >= 4 is 50.2 Å². The second-order valence-corrected chi connectivity index (χ2v) is 8.27. The Morgan fingerprint density at radius 2 is 2.00 bits per heavy atom. The Hall–Kier alpha value is -3.17. The van der Waals surface area contributed by atoms with E-state index in [0.717, 1.165) is 33.2 Å². The van der Waals surface area contributed by atoms with Gasteiger partial charge in [0, 0.05) is 11.8 Å². The molecule has 0 radical (unpaired) electrons. The number of aromatic nitrogens is 3. The first kappa shape index (κ1) is 19.2. The van der Waals surface area contributed by atoms with Gasteiger partial charge in [0.05, 0.1) is 16.0 Å². The standard InChI is InChI=1S/C20H17N5O2S2/c1-12-5-4-6-13(9-12)25-16(21)10-17(26)24-20(25)28-11-18(27)23-19-22-14-7-2-3-8-15(14)29-19/h2-10H,11,21H2,1H3,(H,22,23,27). The summed E-state index contributed by atoms with van der Waals surface area (Å²) in [5.74, 6) is 0.101. The van der Waals surface area contributed by atoms with Crippen molar-refractivity contribution in [2.75, 3.05) is 16.8 Å². The van der Waals surface area contributed by atoms with Gasteiger partial charge >= 0.3 is 0 Å². The number of para-hydroxylation sites is 1. The maximum absolute atomic E-state index is 12.4. The van der Waals surface area contributed by atoms with Crippen LogP contribution in [0.2, 0.25) is 0 Å². The van der Waals surface area contributed by atoms with Crippen molar-refractivity contribution in [3.63, 3.8) is 0 Å². The number of rotatable bonds is 5. The van der Waals surface area contributed by atoms with E-state index >= 15 is 0 Å². The Morgan fingerprint density at radius 1 is 1.17 bits per heavy atom. The van der Waals surface area contributed by atoms with E-state index in [4.69, 9.17) is 5.73 Å². The van der Waals surface area contributed by atoms with E-state index in [-0.39, 0.29) is 17.5 Å². The monoisotopic (exact) mass is 423 g/mol. The summed E-state index contributed by atoms with van der Waals surface area (Å²) in [6.45, 7) is 1.97. The molecule has 9 heteroatoms. The molecule has 0 atom stereocenters. The van der Waals surface area contributed by atoms with Gasteiger partial charge in [-0.25, -0.2) is 4.98 Å². The molecule has 0 spiro atoms. The third-order valence-corrected chi connectivity index (χ3v) is 5.95. The van der Waals surface area contributed by atoms with Gasteiger partial charge in [0.25, 0.3) is 5.56 Å². The van der Waals surface area contributed by atoms with Crippen LogP contribution in [0.5, 0.6) is 0 Å². The minimum absolute atomic E-state index is 0.0671. The molecule has 0 unspecified atom stereocenters. The molecule has 7 nitrogen and oxygen atoms in total. The Labute approximate surface area is 174 Å². The highest BCUT2D eigenvalue weighted by atomic mass is 32.2. The van der Waals surface area contributed by atoms with Crippen LogP contribution in [-0.2, 0) is 4.79 Å². The number of carbonyl (C=O) groups is 1. The summed E-state index contributed by atoms with van der Waals surface area (Å²) in [6.07, 6.45) is 0. The maximum atomic E-state index is 12.4. The van der Waals surface area contributed by atoms with Gasteiger partial charge in [-0.15, -0.1) is 0 Å². The summed E-state index contributed by atoms with van der Waals surface area (Å²) >= 11 is 2.56. The molecule has 0 aliphatic carbocycles. The Morgan fingerprint density at radius 3 is 2.79 bits per heavy atom. The SMILES string of the molecule is Cc1cccc(-n2c(N)cc(=O)nc2SCC(=O)Nc2nc3ccccc3s2)c1. The lowest BCUT2D eigenvalue weighted by Gasteiger charge is -2.15. The number of hydrogen-bond donors (Lipinski definition) is 2. The molecular formula is C20H17N5O2S2. The molecule has 1 amide bonds. The predicted molar refractivity (Wildman–Crippen MR) is 118 cm³/mol. The number of carbonyl (C=O) groups excluding carboxylic acids is 1. The van der Waals surface area contributed by atoms with Crippen LogP contribution in [0.25, 0.3) is 15.9 Å². The van der Waals surface area contributed by atoms with Gasteiger partial charge in [-0.05, 0) is 36.8 Å². The van der Waals surface area contributed by atoms with Gasteiger partial charge in [-0.3, -0.25) is 14.2 Å². The molecule has 2 aromatic heterocycles. The highest BCUT2D eigenvalue weighted by molar-refractivity contribution is 7.99. The average Bonchev–Trinajstić information content (AvgIpc) is 3.08. The van der Waals surface area contributed by atoms with E-state index in [1.807, 2.05) is 55.5 Å². The zero-order valence-corrected chi connectivity index (χ0v) is 17.1. The molecule has 0 aliphatic heterocycles. The van der Waals surface area contributed by atoms with E-state index in [1.54, 1.807) is 4.57 Å². The van der Waals surface area contributed by atoms with E-state index in [2.05, 4.69) is 15.3 Å². The number of fused-ring (bicyclic) bond motifs is 1. The Bertz CT molecular complexity index is 1230. The number of thiazole rings is 1. The highest BCUT2D eigenvalue weighted by Crippen LogP contribution is 2.26. The van der Waals surface area contributed by atoms with Crippen molar-refractivity contribution in [2.24, 2.45) is 0 Å². The number of nitrogen functional groups attached to an aromatic ring is 1. The van der Waals surface area contributed by atoms with Gasteiger partial charge < -0.3 is 11.1 Å². The molecule has 0 saturated heterocycles. The molecule has 0 fully saturated rings. The summed E-state index contributed by atoms with van der Waals surface area (Å²) in [6, 6.07) is 16.6. The third-order valence-electron chi connectivity index (χ3n) is 4.06. The van der Waals surface area contributed by atoms with Crippen LogP contribution in [0.3, 0.4) is 0 Å². The van der Waals surface area contributed by atoms with Gasteiger partial charge in [-0.1, -0.05) is 47.4 Å². The number of nitrogens with two attached hydrogens (primary N) is 1. The number of thioether (sulfide) groups is 1. The van der Waals surface area contributed by atoms with Crippen LogP contribution in [0, 0.1) is 6.92 Å². The second-order valence-electron chi connectivity index (χ2n) is 6.30. The lowest BCUT2D eigenvalue weighted by Crippen LogP contribution is -2.19. The average molecular weight is 424 g/mol. The van der Waals surface area contributed by atoms with Crippen molar-refractivity contribution in [1.29, 1.82) is 0 Å². The van der Waals surface area contributed by atoms with Gasteiger partial charge in [-0.2, -0.15) is 4.98 Å². The van der Waals surface area contributed by atoms with E-state index in [9.17, 15) is 9.59 Å². The first-order valence-electron chi connectivity index (χ1n) is 8.74. The Kier molecular flexibility index (Phi) is 5.32. The smallest absolute Gasteiger partial charge is 0.275 e. The maximum Gasteiger partial charge on any atom is 0.275 e. The fraction of sp³-hybridized carbons (Fsp3) is 0.100. The lowest BCUT2D eigenvalue weighted by molar-refractivity contribution is -0.113. The van der Waals surface area contributed by atoms with Crippen LogP contribution in [0.1, 0.15) is 5.56 Å². The van der Waals surface area contributed by atoms with Crippen LogP contribution in [-0.4, -0.2) is 26.2 Å². The van der Waals surface area contributed by atoms with Crippen molar-refractivity contribution in [2.45, 2.75) is 12.1 Å². The number of amides is 1. The molecular weight excluding hydrogens is 406 g/mol. The largest absolute Gasteiger partial charge is 0.385 e. The van der Waals surface area contributed by atoms with Gasteiger partial charge in [0.2, 0.25) is 5.91 Å². The zero-order chi connectivity index (χ0) is 20.4. The Balaban J connectivity index is 1.54. The fourth-order valence-electron chi connectivity index (χ4n) is 2.81. The number of aryl methyl sites for hydroxylation is 1. The van der Waals surface area contributed by atoms with Crippen molar-refractivity contribution in [3.8, 4) is 5.69 Å². The van der Waals surface area contributed by atoms with Crippen LogP contribution in [0.15, 0.2) is 64.5 Å². The number of nitrogens with one attached hydrogen (secondary N) is 1.